The molecule has 0 spiro atoms. The van der Waals surface area contributed by atoms with Gasteiger partial charge in [0, 0.05) is 12.7 Å². The number of aliphatic imine (C=N–C) groups is 1. The van der Waals surface area contributed by atoms with Gasteiger partial charge in [0.1, 0.15) is 0 Å². The summed E-state index contributed by atoms with van der Waals surface area (Å²) in [7, 11) is 3.25. The van der Waals surface area contributed by atoms with Gasteiger partial charge in [-0.05, 0) is 36.8 Å². The summed E-state index contributed by atoms with van der Waals surface area (Å²) in [4.78, 5) is 8.90. The summed E-state index contributed by atoms with van der Waals surface area (Å²) < 4.78 is 10.6. The molecule has 136 valence electrons. The minimum absolute atomic E-state index is 0. The molecule has 0 fully saturated rings. The van der Waals surface area contributed by atoms with E-state index < -0.39 is 0 Å². The van der Waals surface area contributed by atoms with Crippen molar-refractivity contribution in [3.8, 4) is 11.5 Å². The first kappa shape index (κ1) is 21.0. The highest BCUT2D eigenvalue weighted by atomic mass is 127. The van der Waals surface area contributed by atoms with E-state index in [4.69, 9.17) is 9.47 Å². The van der Waals surface area contributed by atoms with Crippen LogP contribution in [-0.4, -0.2) is 31.7 Å². The fraction of sp³-hybridized carbons (Fsp3) is 0.333. The average molecular weight is 456 g/mol. The van der Waals surface area contributed by atoms with E-state index in [0.717, 1.165) is 23.8 Å². The topological polar surface area (TPSA) is 67.8 Å². The highest BCUT2D eigenvalue weighted by Gasteiger charge is 2.05. The van der Waals surface area contributed by atoms with Gasteiger partial charge in [-0.25, -0.2) is 4.99 Å². The van der Waals surface area contributed by atoms with Gasteiger partial charge in [0.15, 0.2) is 17.5 Å². The molecule has 2 rings (SSSR count). The van der Waals surface area contributed by atoms with Gasteiger partial charge in [0.2, 0.25) is 0 Å². The Labute approximate surface area is 166 Å². The quantitative estimate of drug-likeness (QED) is 0.381. The lowest BCUT2D eigenvalue weighted by molar-refractivity contribution is 0.354. The third-order valence-electron chi connectivity index (χ3n) is 3.38. The number of benzene rings is 1. The maximum Gasteiger partial charge on any atom is 0.191 e. The predicted octanol–water partition coefficient (Wildman–Crippen LogP) is 2.97. The molecule has 0 saturated heterocycles. The van der Waals surface area contributed by atoms with Crippen LogP contribution in [0.25, 0.3) is 0 Å². The molecule has 0 aliphatic rings. The Kier molecular flexibility index (Phi) is 9.68. The van der Waals surface area contributed by atoms with Gasteiger partial charge in [-0.1, -0.05) is 12.1 Å². The Morgan fingerprint density at radius 1 is 1.08 bits per heavy atom. The van der Waals surface area contributed by atoms with E-state index in [1.54, 1.807) is 20.4 Å². The van der Waals surface area contributed by atoms with Crippen molar-refractivity contribution in [1.82, 2.24) is 15.6 Å². The third kappa shape index (κ3) is 6.77. The number of hydrogen-bond donors (Lipinski definition) is 2. The largest absolute Gasteiger partial charge is 0.493 e. The fourth-order valence-electron chi connectivity index (χ4n) is 2.17. The van der Waals surface area contributed by atoms with Crippen molar-refractivity contribution in [2.45, 2.75) is 20.0 Å². The van der Waals surface area contributed by atoms with Gasteiger partial charge in [-0.3, -0.25) is 4.98 Å². The number of pyridine rings is 1. The molecule has 0 radical (unpaired) electrons. The minimum Gasteiger partial charge on any atom is -0.493 e. The molecular weight excluding hydrogens is 431 g/mol. The molecule has 0 saturated carbocycles. The first-order chi connectivity index (χ1) is 11.8. The van der Waals surface area contributed by atoms with Crippen molar-refractivity contribution in [3.63, 3.8) is 0 Å². The monoisotopic (exact) mass is 456 g/mol. The zero-order valence-electron chi connectivity index (χ0n) is 14.8. The van der Waals surface area contributed by atoms with Gasteiger partial charge in [0.25, 0.3) is 0 Å². The van der Waals surface area contributed by atoms with Crippen molar-refractivity contribution >= 4 is 29.9 Å². The van der Waals surface area contributed by atoms with Crippen LogP contribution in [0.4, 0.5) is 0 Å². The second-order valence-electron chi connectivity index (χ2n) is 5.06. The number of aromatic nitrogens is 1. The van der Waals surface area contributed by atoms with Gasteiger partial charge in [-0.2, -0.15) is 0 Å². The van der Waals surface area contributed by atoms with Crippen LogP contribution in [0.1, 0.15) is 18.2 Å². The van der Waals surface area contributed by atoms with E-state index in [0.29, 0.717) is 24.6 Å². The Bertz CT molecular complexity index is 665. The van der Waals surface area contributed by atoms with Crippen LogP contribution in [0.2, 0.25) is 0 Å². The Hall–Kier alpha value is -2.03. The molecule has 1 aromatic heterocycles. The summed E-state index contributed by atoms with van der Waals surface area (Å²) >= 11 is 0. The lowest BCUT2D eigenvalue weighted by Gasteiger charge is -2.12. The van der Waals surface area contributed by atoms with E-state index in [1.807, 2.05) is 43.3 Å². The van der Waals surface area contributed by atoms with Crippen molar-refractivity contribution in [2.24, 2.45) is 4.99 Å². The normalized spacial score (nSPS) is 10.6. The van der Waals surface area contributed by atoms with Gasteiger partial charge < -0.3 is 20.1 Å². The van der Waals surface area contributed by atoms with Crippen molar-refractivity contribution in [3.05, 3.63) is 53.9 Å². The molecule has 1 heterocycles. The smallest absolute Gasteiger partial charge is 0.191 e. The molecule has 25 heavy (non-hydrogen) atoms. The number of methoxy groups -OCH3 is 2. The molecule has 0 unspecified atom stereocenters. The molecule has 2 N–H and O–H groups in total. The number of halogens is 1. The predicted molar refractivity (Wildman–Crippen MR) is 111 cm³/mol. The average Bonchev–Trinajstić information content (AvgIpc) is 2.64. The highest BCUT2D eigenvalue weighted by molar-refractivity contribution is 14.0. The van der Waals surface area contributed by atoms with E-state index in [1.165, 1.54) is 0 Å². The van der Waals surface area contributed by atoms with Crippen LogP contribution in [0.3, 0.4) is 0 Å². The van der Waals surface area contributed by atoms with Gasteiger partial charge in [0.05, 0.1) is 33.0 Å². The third-order valence-corrected chi connectivity index (χ3v) is 3.38. The fourth-order valence-corrected chi connectivity index (χ4v) is 2.17. The minimum atomic E-state index is 0. The zero-order valence-corrected chi connectivity index (χ0v) is 17.1. The SMILES string of the molecule is CCNC(=NCc1ccc(OC)c(OC)c1)NCc1ccccn1.I. The van der Waals surface area contributed by atoms with Crippen LogP contribution in [-0.2, 0) is 13.1 Å². The van der Waals surface area contributed by atoms with Crippen molar-refractivity contribution in [2.75, 3.05) is 20.8 Å². The van der Waals surface area contributed by atoms with Crippen LogP contribution in [0, 0.1) is 0 Å². The van der Waals surface area contributed by atoms with Gasteiger partial charge >= 0.3 is 0 Å². The molecule has 0 aliphatic carbocycles. The van der Waals surface area contributed by atoms with E-state index in [2.05, 4.69) is 20.6 Å². The van der Waals surface area contributed by atoms with E-state index in [-0.39, 0.29) is 24.0 Å². The summed E-state index contributed by atoms with van der Waals surface area (Å²) in [6.45, 7) is 3.99. The Morgan fingerprint density at radius 2 is 1.88 bits per heavy atom. The lowest BCUT2D eigenvalue weighted by atomic mass is 10.2. The second-order valence-corrected chi connectivity index (χ2v) is 5.06. The lowest BCUT2D eigenvalue weighted by Crippen LogP contribution is -2.36. The van der Waals surface area contributed by atoms with Crippen LogP contribution < -0.4 is 20.1 Å². The van der Waals surface area contributed by atoms with Crippen LogP contribution in [0.5, 0.6) is 11.5 Å². The summed E-state index contributed by atoms with van der Waals surface area (Å²) in [6, 6.07) is 11.7. The zero-order chi connectivity index (χ0) is 17.2. The molecular formula is C18H25IN4O2. The number of rotatable bonds is 7. The Morgan fingerprint density at radius 3 is 2.52 bits per heavy atom. The Balaban J connectivity index is 0.00000312. The molecule has 0 amide bonds. The summed E-state index contributed by atoms with van der Waals surface area (Å²) in [5.74, 6) is 2.17. The number of nitrogens with one attached hydrogen (secondary N) is 2. The maximum atomic E-state index is 5.32. The van der Waals surface area contributed by atoms with Crippen LogP contribution in [0.15, 0.2) is 47.6 Å². The molecule has 6 nitrogen and oxygen atoms in total. The van der Waals surface area contributed by atoms with E-state index in [9.17, 15) is 0 Å². The molecule has 7 heteroatoms. The molecule has 0 aliphatic heterocycles. The first-order valence-electron chi connectivity index (χ1n) is 7.89. The summed E-state index contributed by atoms with van der Waals surface area (Å²) in [5, 5.41) is 6.51. The van der Waals surface area contributed by atoms with Crippen molar-refractivity contribution in [1.29, 1.82) is 0 Å². The highest BCUT2D eigenvalue weighted by Crippen LogP contribution is 2.27. The summed E-state index contributed by atoms with van der Waals surface area (Å²) in [6.07, 6.45) is 1.78. The number of nitrogens with zero attached hydrogens (tertiary/aromatic N) is 2. The van der Waals surface area contributed by atoms with Gasteiger partial charge in [-0.15, -0.1) is 24.0 Å². The number of ether oxygens (including phenoxy) is 2. The maximum absolute atomic E-state index is 5.32. The summed E-state index contributed by atoms with van der Waals surface area (Å²) in [5.41, 5.74) is 2.01. The molecule has 0 atom stereocenters. The number of hydrogen-bond acceptors (Lipinski definition) is 4. The second kappa shape index (κ2) is 11.5. The first-order valence-corrected chi connectivity index (χ1v) is 7.89. The standard InChI is InChI=1S/C18H24N4O2.HI/c1-4-19-18(22-13-15-7-5-6-10-20-15)21-12-14-8-9-16(23-2)17(11-14)24-3;/h5-11H,4,12-13H2,1-3H3,(H2,19,21,22);1H. The van der Waals surface area contributed by atoms with E-state index >= 15 is 0 Å². The molecule has 2 aromatic rings. The number of guanidine groups is 1. The molecule has 1 aromatic carbocycles. The van der Waals surface area contributed by atoms with Crippen LogP contribution >= 0.6 is 24.0 Å². The molecule has 0 bridgehead atoms. The van der Waals surface area contributed by atoms with Crippen molar-refractivity contribution < 1.29 is 9.47 Å².